The molecule has 0 radical (unpaired) electrons. The lowest BCUT2D eigenvalue weighted by Crippen LogP contribution is -2.60. The normalized spacial score (nSPS) is 39.1. The number of hydrogen-bond acceptors (Lipinski definition) is 13. The standard InChI is InChI=1S/C36H65N5O10/c1-11-28-36(7,51-34(37)46)22(4)23(5)38-17-20(2)16-35(6,47-10)32(21(3)27(42)15-30(44)49-28)50-33-31(45)26(41(8)9)14-25(48-33)18-40-29(43)19-39-24-12-13-24/h20-26,28,31-33,38-39,45H,11-19H2,1-10H3,(H2,37,46)(H,40,43)/t20-,21+,22-,23-,25?,26?,28-,31?,32-,33+,35-,36+/m1/s1. The molecule has 51 heavy (non-hydrogen) atoms. The summed E-state index contributed by atoms with van der Waals surface area (Å²) < 4.78 is 30.6. The van der Waals surface area contributed by atoms with Crippen molar-refractivity contribution >= 4 is 23.8 Å². The molecule has 12 atom stereocenters. The second-order valence-electron chi connectivity index (χ2n) is 15.6. The van der Waals surface area contributed by atoms with Crippen LogP contribution in [0.2, 0.25) is 0 Å². The number of Topliss-reactive ketones (excluding diaryl/α,β-unsaturated/α-hetero) is 1. The fourth-order valence-electron chi connectivity index (χ4n) is 7.51. The fraction of sp³-hybridized carbons (Fsp3) is 0.889. The molecule has 15 heteroatoms. The Hall–Kier alpha value is -2.40. The van der Waals surface area contributed by atoms with E-state index in [1.54, 1.807) is 27.9 Å². The van der Waals surface area contributed by atoms with Crippen molar-refractivity contribution in [1.82, 2.24) is 20.9 Å². The molecule has 294 valence electrons. The summed E-state index contributed by atoms with van der Waals surface area (Å²) in [6, 6.07) is -0.179. The summed E-state index contributed by atoms with van der Waals surface area (Å²) in [7, 11) is 5.26. The molecule has 2 aliphatic heterocycles. The number of nitrogens with zero attached hydrogens (tertiary/aromatic N) is 1. The number of amides is 2. The van der Waals surface area contributed by atoms with Crippen LogP contribution in [0.3, 0.4) is 0 Å². The number of aliphatic hydroxyl groups excluding tert-OH is 1. The Balaban J connectivity index is 1.92. The lowest BCUT2D eigenvalue weighted by atomic mass is 9.79. The molecule has 1 aliphatic carbocycles. The number of likely N-dealkylation sites (N-methyl/N-ethyl adjacent to an activating group) is 1. The third-order valence-electron chi connectivity index (χ3n) is 11.3. The van der Waals surface area contributed by atoms with Crippen LogP contribution in [0, 0.1) is 17.8 Å². The first-order chi connectivity index (χ1) is 23.8. The molecule has 15 nitrogen and oxygen atoms in total. The van der Waals surface area contributed by atoms with E-state index in [0.717, 1.165) is 12.8 Å². The minimum absolute atomic E-state index is 0.00905. The Kier molecular flexibility index (Phi) is 15.7. The minimum atomic E-state index is -1.28. The first kappa shape index (κ1) is 43.0. The molecular weight excluding hydrogens is 662 g/mol. The third-order valence-corrected chi connectivity index (χ3v) is 11.3. The van der Waals surface area contributed by atoms with E-state index in [4.69, 9.17) is 29.4 Å². The second-order valence-corrected chi connectivity index (χ2v) is 15.6. The van der Waals surface area contributed by atoms with Gasteiger partial charge in [0.1, 0.15) is 24.4 Å². The number of esters is 1. The SMILES string of the molecule is CC[C@H]1OC(=O)CC(=O)[C@H](C)[C@@H](O[C@@H]2OC(CNC(=O)CNC3CC3)CC(N(C)C)C2O)[C@](C)(OC)C[C@@H](C)CN[C@H](C)[C@@H](C)[C@]1(C)OC(N)=O. The summed E-state index contributed by atoms with van der Waals surface area (Å²) in [5.41, 5.74) is 3.14. The van der Waals surface area contributed by atoms with Crippen LogP contribution in [0.4, 0.5) is 4.79 Å². The number of ether oxygens (including phenoxy) is 5. The van der Waals surface area contributed by atoms with Gasteiger partial charge in [-0.1, -0.05) is 27.7 Å². The van der Waals surface area contributed by atoms with E-state index in [2.05, 4.69) is 22.9 Å². The molecular formula is C36H65N5O10. The second kappa shape index (κ2) is 18.6. The van der Waals surface area contributed by atoms with Crippen LogP contribution in [0.5, 0.6) is 0 Å². The van der Waals surface area contributed by atoms with Crippen molar-refractivity contribution in [2.24, 2.45) is 23.5 Å². The van der Waals surface area contributed by atoms with Gasteiger partial charge >= 0.3 is 12.1 Å². The molecule has 0 bridgehead atoms. The van der Waals surface area contributed by atoms with Crippen LogP contribution in [0.1, 0.15) is 87.0 Å². The summed E-state index contributed by atoms with van der Waals surface area (Å²) in [4.78, 5) is 53.8. The zero-order valence-electron chi connectivity index (χ0n) is 32.4. The smallest absolute Gasteiger partial charge is 0.405 e. The molecule has 2 heterocycles. The Morgan fingerprint density at radius 2 is 1.80 bits per heavy atom. The Labute approximate surface area is 303 Å². The lowest BCUT2D eigenvalue weighted by Gasteiger charge is -2.47. The van der Waals surface area contributed by atoms with E-state index < -0.39 is 72.1 Å². The quantitative estimate of drug-likeness (QED) is 0.152. The van der Waals surface area contributed by atoms with Gasteiger partial charge in [-0.25, -0.2) is 4.79 Å². The van der Waals surface area contributed by atoms with Crippen LogP contribution in [-0.4, -0.2) is 135 Å². The van der Waals surface area contributed by atoms with Crippen LogP contribution in [0.25, 0.3) is 0 Å². The van der Waals surface area contributed by atoms with Gasteiger partial charge in [0.2, 0.25) is 5.91 Å². The first-order valence-corrected chi connectivity index (χ1v) is 18.5. The van der Waals surface area contributed by atoms with Crippen LogP contribution in [0.15, 0.2) is 0 Å². The van der Waals surface area contributed by atoms with Crippen LogP contribution >= 0.6 is 0 Å². The van der Waals surface area contributed by atoms with E-state index in [1.807, 2.05) is 39.8 Å². The highest BCUT2D eigenvalue weighted by Gasteiger charge is 2.50. The zero-order chi connectivity index (χ0) is 38.3. The molecule has 0 aromatic heterocycles. The van der Waals surface area contributed by atoms with E-state index >= 15 is 0 Å². The van der Waals surface area contributed by atoms with E-state index in [-0.39, 0.29) is 42.9 Å². The average molecular weight is 728 g/mol. The molecule has 0 spiro atoms. The van der Waals surface area contributed by atoms with Gasteiger partial charge in [-0.3, -0.25) is 14.4 Å². The maximum atomic E-state index is 13.9. The molecule has 1 saturated carbocycles. The molecule has 0 aromatic rings. The molecule has 3 aliphatic rings. The Morgan fingerprint density at radius 3 is 2.37 bits per heavy atom. The van der Waals surface area contributed by atoms with E-state index in [1.165, 1.54) is 0 Å². The van der Waals surface area contributed by atoms with Gasteiger partial charge in [0.25, 0.3) is 0 Å². The maximum Gasteiger partial charge on any atom is 0.405 e. The van der Waals surface area contributed by atoms with Crippen molar-refractivity contribution in [2.75, 3.05) is 40.8 Å². The van der Waals surface area contributed by atoms with Gasteiger partial charge < -0.3 is 55.4 Å². The van der Waals surface area contributed by atoms with Crippen molar-refractivity contribution in [3.63, 3.8) is 0 Å². The molecule has 3 fully saturated rings. The summed E-state index contributed by atoms with van der Waals surface area (Å²) >= 11 is 0. The average Bonchev–Trinajstić information content (AvgIpc) is 3.90. The number of hydrogen-bond donors (Lipinski definition) is 5. The van der Waals surface area contributed by atoms with Crippen molar-refractivity contribution in [1.29, 1.82) is 0 Å². The van der Waals surface area contributed by atoms with Gasteiger partial charge in [0.05, 0.1) is 24.4 Å². The predicted molar refractivity (Wildman–Crippen MR) is 190 cm³/mol. The number of methoxy groups -OCH3 is 1. The molecule has 2 amide bonds. The number of nitrogens with two attached hydrogens (primary N) is 1. The first-order valence-electron chi connectivity index (χ1n) is 18.5. The van der Waals surface area contributed by atoms with Crippen molar-refractivity contribution in [2.45, 2.75) is 147 Å². The van der Waals surface area contributed by atoms with Crippen molar-refractivity contribution in [3.05, 3.63) is 0 Å². The summed E-state index contributed by atoms with van der Waals surface area (Å²) in [6.07, 6.45) is -2.83. The van der Waals surface area contributed by atoms with Gasteiger partial charge in [0, 0.05) is 43.6 Å². The topological polar surface area (TPSA) is 200 Å². The zero-order valence-corrected chi connectivity index (χ0v) is 32.4. The third kappa shape index (κ3) is 11.5. The highest BCUT2D eigenvalue weighted by molar-refractivity contribution is 5.97. The number of cyclic esters (lactones) is 1. The fourth-order valence-corrected chi connectivity index (χ4v) is 7.51. The summed E-state index contributed by atoms with van der Waals surface area (Å²) in [5, 5.41) is 21.2. The van der Waals surface area contributed by atoms with Crippen molar-refractivity contribution < 1.29 is 48.0 Å². The number of rotatable bonds is 11. The highest BCUT2D eigenvalue weighted by atomic mass is 16.7. The number of carbonyl (C=O) groups is 4. The Bertz CT molecular complexity index is 1190. The van der Waals surface area contributed by atoms with Gasteiger partial charge in [0.15, 0.2) is 11.9 Å². The number of aliphatic hydroxyl groups is 1. The van der Waals surface area contributed by atoms with Gasteiger partial charge in [-0.15, -0.1) is 0 Å². The summed E-state index contributed by atoms with van der Waals surface area (Å²) in [5.74, 6) is -2.63. The molecule has 3 unspecified atom stereocenters. The lowest BCUT2D eigenvalue weighted by molar-refractivity contribution is -0.296. The monoisotopic (exact) mass is 727 g/mol. The van der Waals surface area contributed by atoms with Crippen molar-refractivity contribution in [3.8, 4) is 0 Å². The molecule has 0 aromatic carbocycles. The molecule has 3 rings (SSSR count). The number of nitrogens with one attached hydrogen (secondary N) is 3. The number of ketones is 1. The molecule has 2 saturated heterocycles. The van der Waals surface area contributed by atoms with Crippen LogP contribution < -0.4 is 21.7 Å². The number of carbonyl (C=O) groups excluding carboxylic acids is 4. The highest BCUT2D eigenvalue weighted by Crippen LogP contribution is 2.37. The van der Waals surface area contributed by atoms with E-state index in [0.29, 0.717) is 31.8 Å². The Morgan fingerprint density at radius 1 is 1.14 bits per heavy atom. The van der Waals surface area contributed by atoms with Crippen LogP contribution in [-0.2, 0) is 38.1 Å². The largest absolute Gasteiger partial charge is 0.458 e. The number of primary amides is 1. The molecule has 6 N–H and O–H groups in total. The van der Waals surface area contributed by atoms with E-state index in [9.17, 15) is 24.3 Å². The minimum Gasteiger partial charge on any atom is -0.458 e. The summed E-state index contributed by atoms with van der Waals surface area (Å²) in [6.45, 7) is 13.9. The predicted octanol–water partition coefficient (Wildman–Crippen LogP) is 1.48. The maximum absolute atomic E-state index is 13.9. The van der Waals surface area contributed by atoms with Gasteiger partial charge in [-0.05, 0) is 79.4 Å². The van der Waals surface area contributed by atoms with Gasteiger partial charge in [-0.2, -0.15) is 0 Å².